The largest absolute Gasteiger partial charge is 0.393 e. The smallest absolute Gasteiger partial charge is 0.159 e. The van der Waals surface area contributed by atoms with Crippen molar-refractivity contribution >= 4 is 0 Å². The Morgan fingerprint density at radius 2 is 1.38 bits per heavy atom. The summed E-state index contributed by atoms with van der Waals surface area (Å²) in [6.45, 7) is 0. The third-order valence-corrected chi connectivity index (χ3v) is 11.6. The van der Waals surface area contributed by atoms with Crippen LogP contribution in [0.1, 0.15) is 57.8 Å². The number of aliphatic hydroxyl groups excluding tert-OH is 7. The van der Waals surface area contributed by atoms with Crippen molar-refractivity contribution in [3.8, 4) is 0 Å². The second-order valence-corrected chi connectivity index (χ2v) is 13.4. The minimum Gasteiger partial charge on any atom is -0.393 e. The Morgan fingerprint density at radius 1 is 0.744 bits per heavy atom. The highest BCUT2D eigenvalue weighted by Crippen LogP contribution is 2.62. The summed E-state index contributed by atoms with van der Waals surface area (Å²) in [7, 11) is 1.47. The molecule has 0 aliphatic heterocycles. The molecule has 0 aromatic heterocycles. The van der Waals surface area contributed by atoms with Crippen LogP contribution >= 0.6 is 0 Å². The van der Waals surface area contributed by atoms with E-state index >= 15 is 0 Å². The number of ether oxygens (including phenoxy) is 1. The minimum absolute atomic E-state index is 0.0209. The van der Waals surface area contributed by atoms with Gasteiger partial charge >= 0.3 is 0 Å². The van der Waals surface area contributed by atoms with E-state index in [0.717, 1.165) is 25.7 Å². The molecular weight excluding hydrogens is 516 g/mol. The number of fused-ring (bicyclic) bond motifs is 3. The lowest BCUT2D eigenvalue weighted by atomic mass is 9.44. The fraction of sp³-hybridized carbons (Fsp3) is 1.00. The SMILES string of the molecule is COC(O)C1CCC(C2CCC(O)C3C(O)C4C(O)C5(O)C(O)C(C(O)O)C(O)CC5(O)CC4(O)CC23)CC1. The molecule has 39 heavy (non-hydrogen) atoms. The van der Waals surface area contributed by atoms with E-state index in [0.29, 0.717) is 12.8 Å². The van der Waals surface area contributed by atoms with Crippen molar-refractivity contribution in [3.63, 3.8) is 0 Å². The normalized spacial score (nSPS) is 56.8. The van der Waals surface area contributed by atoms with E-state index in [1.54, 1.807) is 0 Å². The van der Waals surface area contributed by atoms with Gasteiger partial charge in [0.15, 0.2) is 12.6 Å². The molecule has 0 saturated heterocycles. The zero-order valence-corrected chi connectivity index (χ0v) is 22.3. The third kappa shape index (κ3) is 4.42. The van der Waals surface area contributed by atoms with Crippen LogP contribution in [0.25, 0.3) is 0 Å². The van der Waals surface area contributed by atoms with E-state index in [2.05, 4.69) is 0 Å². The highest BCUT2D eigenvalue weighted by atomic mass is 16.6. The second-order valence-electron chi connectivity index (χ2n) is 13.4. The van der Waals surface area contributed by atoms with Crippen molar-refractivity contribution in [2.75, 3.05) is 7.11 Å². The monoisotopic (exact) mass is 562 g/mol. The lowest BCUT2D eigenvalue weighted by Gasteiger charge is -2.67. The van der Waals surface area contributed by atoms with Crippen molar-refractivity contribution in [3.05, 3.63) is 0 Å². The zero-order valence-electron chi connectivity index (χ0n) is 22.3. The highest BCUT2D eigenvalue weighted by molar-refractivity contribution is 5.26. The zero-order chi connectivity index (χ0) is 28.7. The van der Waals surface area contributed by atoms with Gasteiger partial charge in [0.05, 0.1) is 42.0 Å². The summed E-state index contributed by atoms with van der Waals surface area (Å²) >= 11 is 0. The molecule has 0 amide bonds. The Kier molecular flexibility index (Phi) is 7.96. The summed E-state index contributed by atoms with van der Waals surface area (Å²) in [5.74, 6) is -3.98. The molecular formula is C27H46O12. The van der Waals surface area contributed by atoms with Crippen LogP contribution in [0.3, 0.4) is 0 Å². The molecule has 5 fully saturated rings. The molecule has 5 aliphatic carbocycles. The van der Waals surface area contributed by atoms with Crippen molar-refractivity contribution < 1.29 is 60.9 Å². The Hall–Kier alpha value is -0.480. The van der Waals surface area contributed by atoms with Crippen LogP contribution in [-0.2, 0) is 4.74 Å². The lowest BCUT2D eigenvalue weighted by Crippen LogP contribution is -2.83. The van der Waals surface area contributed by atoms with E-state index in [1.807, 2.05) is 0 Å². The van der Waals surface area contributed by atoms with Crippen LogP contribution in [-0.4, -0.2) is 123 Å². The van der Waals surface area contributed by atoms with Gasteiger partial charge in [0, 0.05) is 37.7 Å². The van der Waals surface area contributed by atoms with Gasteiger partial charge in [-0.2, -0.15) is 0 Å². The molecule has 226 valence electrons. The summed E-state index contributed by atoms with van der Waals surface area (Å²) < 4.78 is 5.09. The van der Waals surface area contributed by atoms with Gasteiger partial charge in [0.1, 0.15) is 11.2 Å². The van der Waals surface area contributed by atoms with Crippen molar-refractivity contribution in [1.82, 2.24) is 0 Å². The molecule has 0 spiro atoms. The predicted octanol–water partition coefficient (Wildman–Crippen LogP) is -2.85. The first-order valence-corrected chi connectivity index (χ1v) is 14.3. The standard InChI is InChI=1S/C27H46O12/c1-39-24(35)12-4-2-11(3-5-12)13-6-7-15(28)17-14(13)8-25(36)10-26(37)9-16(29)18(23(33)34)21(31)27(26,38)22(32)19(25)20(17)30/h11-24,28-38H,2-10H2,1H3. The molecule has 0 bridgehead atoms. The van der Waals surface area contributed by atoms with E-state index in [9.17, 15) is 56.2 Å². The Balaban J connectivity index is 1.45. The minimum atomic E-state index is -2.79. The van der Waals surface area contributed by atoms with Crippen molar-refractivity contribution in [2.45, 2.75) is 118 Å². The van der Waals surface area contributed by atoms with Crippen molar-refractivity contribution in [1.29, 1.82) is 0 Å². The van der Waals surface area contributed by atoms with Crippen LogP contribution in [0.2, 0.25) is 0 Å². The number of aliphatic hydroxyl groups is 11. The predicted molar refractivity (Wildman–Crippen MR) is 132 cm³/mol. The van der Waals surface area contributed by atoms with Gasteiger partial charge < -0.3 is 60.9 Å². The molecule has 12 heteroatoms. The van der Waals surface area contributed by atoms with E-state index in [1.165, 1.54) is 7.11 Å². The van der Waals surface area contributed by atoms with E-state index < -0.39 is 90.5 Å². The summed E-state index contributed by atoms with van der Waals surface area (Å²) in [5.41, 5.74) is -7.08. The van der Waals surface area contributed by atoms with E-state index in [4.69, 9.17) is 4.74 Å². The number of hydrogen-bond acceptors (Lipinski definition) is 12. The topological polar surface area (TPSA) is 232 Å². The highest BCUT2D eigenvalue weighted by Gasteiger charge is 2.76. The Morgan fingerprint density at radius 3 is 1.97 bits per heavy atom. The third-order valence-electron chi connectivity index (χ3n) is 11.6. The molecule has 5 rings (SSSR count). The molecule has 0 radical (unpaired) electrons. The number of methoxy groups -OCH3 is 1. The van der Waals surface area contributed by atoms with Gasteiger partial charge in [-0.25, -0.2) is 0 Å². The molecule has 0 heterocycles. The van der Waals surface area contributed by atoms with Crippen molar-refractivity contribution in [2.24, 2.45) is 41.4 Å². The van der Waals surface area contributed by atoms with Crippen LogP contribution in [0.15, 0.2) is 0 Å². The summed E-state index contributed by atoms with van der Waals surface area (Å²) in [6.07, 6.45) is -8.43. The molecule has 0 aromatic carbocycles. The van der Waals surface area contributed by atoms with Crippen LogP contribution < -0.4 is 0 Å². The molecule has 5 aliphatic rings. The quantitative estimate of drug-likeness (QED) is 0.156. The van der Waals surface area contributed by atoms with Crippen LogP contribution in [0.5, 0.6) is 0 Å². The average Bonchev–Trinajstić information content (AvgIpc) is 2.85. The van der Waals surface area contributed by atoms with Gasteiger partial charge in [-0.15, -0.1) is 0 Å². The lowest BCUT2D eigenvalue weighted by molar-refractivity contribution is -0.373. The van der Waals surface area contributed by atoms with Gasteiger partial charge in [-0.3, -0.25) is 0 Å². The Labute approximate surface area is 227 Å². The maximum Gasteiger partial charge on any atom is 0.159 e. The van der Waals surface area contributed by atoms with Gasteiger partial charge in [0.25, 0.3) is 0 Å². The van der Waals surface area contributed by atoms with Crippen LogP contribution in [0, 0.1) is 41.4 Å². The number of rotatable bonds is 4. The molecule has 14 unspecified atom stereocenters. The first-order valence-electron chi connectivity index (χ1n) is 14.3. The fourth-order valence-electron chi connectivity index (χ4n) is 9.75. The molecule has 14 atom stereocenters. The molecule has 5 saturated carbocycles. The van der Waals surface area contributed by atoms with Gasteiger partial charge in [-0.05, 0) is 62.7 Å². The van der Waals surface area contributed by atoms with Crippen LogP contribution in [0.4, 0.5) is 0 Å². The Bertz CT molecular complexity index is 883. The maximum absolute atomic E-state index is 12.0. The summed E-state index contributed by atoms with van der Waals surface area (Å²) in [6, 6.07) is 0. The van der Waals surface area contributed by atoms with Gasteiger partial charge in [0.2, 0.25) is 0 Å². The number of hydrogen-bond donors (Lipinski definition) is 11. The van der Waals surface area contributed by atoms with Gasteiger partial charge in [-0.1, -0.05) is 0 Å². The molecule has 0 aromatic rings. The first-order chi connectivity index (χ1) is 18.2. The first kappa shape index (κ1) is 30.0. The average molecular weight is 563 g/mol. The molecule has 11 N–H and O–H groups in total. The second kappa shape index (κ2) is 10.4. The molecule has 12 nitrogen and oxygen atoms in total. The summed E-state index contributed by atoms with van der Waals surface area (Å²) in [5, 5.41) is 120. The fourth-order valence-corrected chi connectivity index (χ4v) is 9.75. The van der Waals surface area contributed by atoms with E-state index in [-0.39, 0.29) is 30.1 Å². The summed E-state index contributed by atoms with van der Waals surface area (Å²) in [4.78, 5) is 0. The maximum atomic E-state index is 12.0.